The number of benzene rings is 2. The molecule has 0 atom stereocenters. The summed E-state index contributed by atoms with van der Waals surface area (Å²) < 4.78 is 44.5. The first-order valence-corrected chi connectivity index (χ1v) is 9.52. The van der Waals surface area contributed by atoms with E-state index in [1.807, 2.05) is 13.0 Å². The van der Waals surface area contributed by atoms with Gasteiger partial charge in [0.15, 0.2) is 6.61 Å². The number of hydrogen-bond donors (Lipinski definition) is 2. The smallest absolute Gasteiger partial charge is 0.416 e. The lowest BCUT2D eigenvalue weighted by Gasteiger charge is -2.10. The highest BCUT2D eigenvalue weighted by Gasteiger charge is 2.30. The molecule has 0 saturated heterocycles. The molecule has 2 rings (SSSR count). The minimum absolute atomic E-state index is 0.0185. The summed E-state index contributed by atoms with van der Waals surface area (Å²) in [5.41, 5.74) is 2.55. The molecule has 2 amide bonds. The van der Waals surface area contributed by atoms with Crippen molar-refractivity contribution in [2.75, 3.05) is 11.9 Å². The Morgan fingerprint density at radius 2 is 1.87 bits per heavy atom. The summed E-state index contributed by atoms with van der Waals surface area (Å²) in [6, 6.07) is 9.66. The molecule has 10 heteroatoms. The van der Waals surface area contributed by atoms with Gasteiger partial charge in [0.1, 0.15) is 5.75 Å². The van der Waals surface area contributed by atoms with Gasteiger partial charge in [0.25, 0.3) is 5.91 Å². The fourth-order valence-electron chi connectivity index (χ4n) is 2.36. The summed E-state index contributed by atoms with van der Waals surface area (Å²) >= 11 is 3.33. The van der Waals surface area contributed by atoms with E-state index in [2.05, 4.69) is 31.8 Å². The molecule has 0 saturated carbocycles. The third-order valence-electron chi connectivity index (χ3n) is 3.76. The highest BCUT2D eigenvalue weighted by molar-refractivity contribution is 9.10. The molecule has 0 aromatic heterocycles. The Balaban J connectivity index is 1.83. The molecule has 2 aromatic rings. The number of ether oxygens (including phenoxy) is 1. The molecule has 0 heterocycles. The number of hydrazone groups is 1. The predicted octanol–water partition coefficient (Wildman–Crippen LogP) is 4.68. The van der Waals surface area contributed by atoms with Gasteiger partial charge in [-0.3, -0.25) is 9.59 Å². The maximum atomic E-state index is 12.7. The first-order chi connectivity index (χ1) is 14.0. The third kappa shape index (κ3) is 7.51. The van der Waals surface area contributed by atoms with E-state index in [0.717, 1.165) is 22.2 Å². The molecule has 0 bridgehead atoms. The standard InChI is InChI=1S/C20H19BrF3N3O3/c1-12-8-15(21)6-7-17(12)30-11-19(29)27-26-13(2)9-18(28)25-16-5-3-4-14(10-16)20(22,23)24/h3-8,10H,9,11H2,1-2H3,(H,25,28)(H,27,29)/b26-13-. The van der Waals surface area contributed by atoms with Crippen LogP contribution in [0, 0.1) is 6.92 Å². The van der Waals surface area contributed by atoms with Gasteiger partial charge in [0.2, 0.25) is 5.91 Å². The van der Waals surface area contributed by atoms with Crippen LogP contribution in [0.2, 0.25) is 0 Å². The molecule has 2 N–H and O–H groups in total. The Morgan fingerprint density at radius 3 is 2.53 bits per heavy atom. The molecule has 2 aromatic carbocycles. The highest BCUT2D eigenvalue weighted by atomic mass is 79.9. The van der Waals surface area contributed by atoms with E-state index in [0.29, 0.717) is 5.75 Å². The Hall–Kier alpha value is -2.88. The second-order valence-electron chi connectivity index (χ2n) is 6.38. The van der Waals surface area contributed by atoms with Gasteiger partial charge >= 0.3 is 6.18 Å². The van der Waals surface area contributed by atoms with Gasteiger partial charge in [-0.15, -0.1) is 0 Å². The average Bonchev–Trinajstić information content (AvgIpc) is 2.65. The van der Waals surface area contributed by atoms with Gasteiger partial charge in [-0.25, -0.2) is 5.43 Å². The lowest BCUT2D eigenvalue weighted by Crippen LogP contribution is -2.26. The zero-order valence-electron chi connectivity index (χ0n) is 16.1. The van der Waals surface area contributed by atoms with Crippen LogP contribution in [0.15, 0.2) is 52.0 Å². The molecule has 0 aliphatic rings. The van der Waals surface area contributed by atoms with Crippen molar-refractivity contribution >= 4 is 39.1 Å². The first kappa shape index (κ1) is 23.4. The summed E-state index contributed by atoms with van der Waals surface area (Å²) in [6.45, 7) is 3.07. The maximum Gasteiger partial charge on any atom is 0.416 e. The maximum absolute atomic E-state index is 12.7. The number of alkyl halides is 3. The number of carbonyl (C=O) groups excluding carboxylic acids is 2. The van der Waals surface area contributed by atoms with E-state index in [-0.39, 0.29) is 24.4 Å². The van der Waals surface area contributed by atoms with Gasteiger partial charge in [0.05, 0.1) is 12.0 Å². The van der Waals surface area contributed by atoms with Crippen molar-refractivity contribution in [2.24, 2.45) is 5.10 Å². The largest absolute Gasteiger partial charge is 0.483 e. The Labute approximate surface area is 179 Å². The van der Waals surface area contributed by atoms with Crippen LogP contribution in [-0.2, 0) is 15.8 Å². The van der Waals surface area contributed by atoms with Gasteiger partial charge in [-0.1, -0.05) is 22.0 Å². The summed E-state index contributed by atoms with van der Waals surface area (Å²) in [6.07, 6.45) is -4.71. The van der Waals surface area contributed by atoms with E-state index in [1.165, 1.54) is 19.1 Å². The van der Waals surface area contributed by atoms with Crippen LogP contribution in [0.5, 0.6) is 5.75 Å². The SMILES string of the molecule is C/C(CC(=O)Nc1cccc(C(F)(F)F)c1)=N/NC(=O)COc1ccc(Br)cc1C. The number of rotatable bonds is 7. The third-order valence-corrected chi connectivity index (χ3v) is 4.25. The van der Waals surface area contributed by atoms with Gasteiger partial charge < -0.3 is 10.1 Å². The lowest BCUT2D eigenvalue weighted by molar-refractivity contribution is -0.137. The summed E-state index contributed by atoms with van der Waals surface area (Å²) in [5.74, 6) is -0.531. The molecule has 0 fully saturated rings. The number of nitrogens with one attached hydrogen (secondary N) is 2. The number of aryl methyl sites for hydroxylation is 1. The number of halogens is 4. The monoisotopic (exact) mass is 485 g/mol. The molecule has 0 aliphatic heterocycles. The number of anilines is 1. The second kappa shape index (κ2) is 10.2. The van der Waals surface area contributed by atoms with Gasteiger partial charge in [-0.2, -0.15) is 18.3 Å². The quantitative estimate of drug-likeness (QED) is 0.441. The summed E-state index contributed by atoms with van der Waals surface area (Å²) in [7, 11) is 0. The fraction of sp³-hybridized carbons (Fsp3) is 0.250. The van der Waals surface area contributed by atoms with Crippen LogP contribution in [0.25, 0.3) is 0 Å². The Kier molecular flexibility index (Phi) is 7.99. The fourth-order valence-corrected chi connectivity index (χ4v) is 2.83. The number of carbonyl (C=O) groups is 2. The van der Waals surface area contributed by atoms with Crippen molar-refractivity contribution in [1.82, 2.24) is 5.43 Å². The van der Waals surface area contributed by atoms with E-state index in [4.69, 9.17) is 4.74 Å². The van der Waals surface area contributed by atoms with Gasteiger partial charge in [0, 0.05) is 15.9 Å². The number of nitrogens with zero attached hydrogens (tertiary/aromatic N) is 1. The normalized spacial score (nSPS) is 11.7. The molecule has 6 nitrogen and oxygen atoms in total. The van der Waals surface area contributed by atoms with E-state index < -0.39 is 23.6 Å². The van der Waals surface area contributed by atoms with Crippen LogP contribution in [0.4, 0.5) is 18.9 Å². The predicted molar refractivity (Wildman–Crippen MR) is 110 cm³/mol. The number of hydrogen-bond acceptors (Lipinski definition) is 4. The molecule has 30 heavy (non-hydrogen) atoms. The molecular weight excluding hydrogens is 467 g/mol. The topological polar surface area (TPSA) is 79.8 Å². The minimum atomic E-state index is -4.50. The van der Waals surface area contributed by atoms with Crippen molar-refractivity contribution in [3.05, 3.63) is 58.1 Å². The minimum Gasteiger partial charge on any atom is -0.483 e. The van der Waals surface area contributed by atoms with Crippen molar-refractivity contribution in [3.63, 3.8) is 0 Å². The van der Waals surface area contributed by atoms with Crippen molar-refractivity contribution in [3.8, 4) is 5.75 Å². The van der Waals surface area contributed by atoms with Crippen LogP contribution < -0.4 is 15.5 Å². The van der Waals surface area contributed by atoms with Crippen LogP contribution in [-0.4, -0.2) is 24.1 Å². The summed E-state index contributed by atoms with van der Waals surface area (Å²) in [5, 5.41) is 6.17. The lowest BCUT2D eigenvalue weighted by atomic mass is 10.2. The van der Waals surface area contributed by atoms with E-state index >= 15 is 0 Å². The first-order valence-electron chi connectivity index (χ1n) is 8.72. The van der Waals surface area contributed by atoms with Crippen LogP contribution >= 0.6 is 15.9 Å². The highest BCUT2D eigenvalue weighted by Crippen LogP contribution is 2.30. The van der Waals surface area contributed by atoms with E-state index in [1.54, 1.807) is 12.1 Å². The Bertz CT molecular complexity index is 962. The van der Waals surface area contributed by atoms with Crippen molar-refractivity contribution < 1.29 is 27.5 Å². The molecule has 0 unspecified atom stereocenters. The van der Waals surface area contributed by atoms with Crippen LogP contribution in [0.3, 0.4) is 0 Å². The molecule has 160 valence electrons. The zero-order valence-corrected chi connectivity index (χ0v) is 17.7. The summed E-state index contributed by atoms with van der Waals surface area (Å²) in [4.78, 5) is 23.8. The zero-order chi connectivity index (χ0) is 22.3. The van der Waals surface area contributed by atoms with Crippen molar-refractivity contribution in [2.45, 2.75) is 26.4 Å². The average molecular weight is 486 g/mol. The molecular formula is C20H19BrF3N3O3. The second-order valence-corrected chi connectivity index (χ2v) is 7.30. The molecule has 0 radical (unpaired) electrons. The van der Waals surface area contributed by atoms with Crippen LogP contribution in [0.1, 0.15) is 24.5 Å². The van der Waals surface area contributed by atoms with Gasteiger partial charge in [-0.05, 0) is 55.8 Å². The molecule has 0 spiro atoms. The Morgan fingerprint density at radius 1 is 1.13 bits per heavy atom. The van der Waals surface area contributed by atoms with Crippen molar-refractivity contribution in [1.29, 1.82) is 0 Å². The molecule has 0 aliphatic carbocycles. The van der Waals surface area contributed by atoms with E-state index in [9.17, 15) is 22.8 Å². The number of amides is 2.